The smallest absolute Gasteiger partial charge is 0.0931 e. The van der Waals surface area contributed by atoms with Gasteiger partial charge in [-0.3, -0.25) is 0 Å². The lowest BCUT2D eigenvalue weighted by Crippen LogP contribution is -1.94. The molecule has 2 N–H and O–H groups in total. The second kappa shape index (κ2) is 2.85. The van der Waals surface area contributed by atoms with Crippen LogP contribution in [0, 0.1) is 6.92 Å². The van der Waals surface area contributed by atoms with Gasteiger partial charge in [0.05, 0.1) is 23.5 Å². The van der Waals surface area contributed by atoms with Crippen LogP contribution in [0.2, 0.25) is 0 Å². The number of aryl methyl sites for hydroxylation is 1. The summed E-state index contributed by atoms with van der Waals surface area (Å²) >= 11 is 0. The third-order valence-corrected chi connectivity index (χ3v) is 2.26. The van der Waals surface area contributed by atoms with Gasteiger partial charge in [-0.05, 0) is 37.1 Å². The molecule has 0 bridgehead atoms. The van der Waals surface area contributed by atoms with Crippen LogP contribution < -0.4 is 0 Å². The van der Waals surface area contributed by atoms with E-state index in [4.69, 9.17) is 0 Å². The molecule has 13 heavy (non-hydrogen) atoms. The van der Waals surface area contributed by atoms with Crippen molar-refractivity contribution in [3.63, 3.8) is 0 Å². The fourth-order valence-corrected chi connectivity index (χ4v) is 1.56. The first-order valence-corrected chi connectivity index (χ1v) is 4.30. The molecule has 2 rings (SSSR count). The number of rotatable bonds is 1. The minimum atomic E-state index is -0.430. The Kier molecular flexibility index (Phi) is 1.81. The molecule has 0 radical (unpaired) electrons. The van der Waals surface area contributed by atoms with Crippen LogP contribution in [0.1, 0.15) is 24.2 Å². The molecule has 0 saturated heterocycles. The molecule has 3 heteroatoms. The molecule has 0 aliphatic carbocycles. The number of aromatic amines is 1. The number of imidazole rings is 1. The quantitative estimate of drug-likeness (QED) is 0.697. The van der Waals surface area contributed by atoms with Gasteiger partial charge < -0.3 is 10.1 Å². The molecule has 1 aromatic heterocycles. The summed E-state index contributed by atoms with van der Waals surface area (Å²) in [6.45, 7) is 3.75. The summed E-state index contributed by atoms with van der Waals surface area (Å²) in [7, 11) is 0. The summed E-state index contributed by atoms with van der Waals surface area (Å²) in [6, 6.07) is 3.93. The molecule has 0 amide bonds. The molecule has 1 heterocycles. The van der Waals surface area contributed by atoms with Crippen LogP contribution in [-0.2, 0) is 0 Å². The fourth-order valence-electron chi connectivity index (χ4n) is 1.56. The fraction of sp³-hybridized carbons (Fsp3) is 0.300. The molecular weight excluding hydrogens is 164 g/mol. The number of aliphatic hydroxyl groups is 1. The third-order valence-electron chi connectivity index (χ3n) is 2.26. The van der Waals surface area contributed by atoms with Gasteiger partial charge in [0.1, 0.15) is 0 Å². The van der Waals surface area contributed by atoms with Crippen LogP contribution in [0.25, 0.3) is 11.0 Å². The van der Waals surface area contributed by atoms with Gasteiger partial charge >= 0.3 is 0 Å². The second-order valence-corrected chi connectivity index (χ2v) is 3.30. The number of benzene rings is 1. The molecule has 0 aliphatic rings. The van der Waals surface area contributed by atoms with Gasteiger partial charge in [-0.2, -0.15) is 0 Å². The monoisotopic (exact) mass is 176 g/mol. The second-order valence-electron chi connectivity index (χ2n) is 3.30. The standard InChI is InChI=1S/C10H12N2O/c1-6-3-9-10(12-5-11-9)4-8(6)7(2)13/h3-5,7,13H,1-2H3,(H,11,12). The Morgan fingerprint density at radius 2 is 2.23 bits per heavy atom. The van der Waals surface area contributed by atoms with Crippen LogP contribution in [0.15, 0.2) is 18.5 Å². The summed E-state index contributed by atoms with van der Waals surface area (Å²) in [4.78, 5) is 7.17. The van der Waals surface area contributed by atoms with Gasteiger partial charge in [0.25, 0.3) is 0 Å². The van der Waals surface area contributed by atoms with Crippen LogP contribution in [-0.4, -0.2) is 15.1 Å². The van der Waals surface area contributed by atoms with E-state index < -0.39 is 6.10 Å². The largest absolute Gasteiger partial charge is 0.389 e. The first-order valence-electron chi connectivity index (χ1n) is 4.30. The summed E-state index contributed by atoms with van der Waals surface area (Å²) in [5.41, 5.74) is 3.95. The highest BCUT2D eigenvalue weighted by Crippen LogP contribution is 2.21. The van der Waals surface area contributed by atoms with Gasteiger partial charge in [-0.1, -0.05) is 0 Å². The van der Waals surface area contributed by atoms with Crippen LogP contribution in [0.5, 0.6) is 0 Å². The van der Waals surface area contributed by atoms with E-state index in [0.29, 0.717) is 0 Å². The van der Waals surface area contributed by atoms with Crippen molar-refractivity contribution >= 4 is 11.0 Å². The number of nitrogens with one attached hydrogen (secondary N) is 1. The summed E-state index contributed by atoms with van der Waals surface area (Å²) in [5, 5.41) is 9.46. The van der Waals surface area contributed by atoms with Gasteiger partial charge in [-0.25, -0.2) is 4.98 Å². The third kappa shape index (κ3) is 1.31. The van der Waals surface area contributed by atoms with Crippen molar-refractivity contribution in [2.24, 2.45) is 0 Å². The zero-order valence-corrected chi connectivity index (χ0v) is 7.70. The summed E-state index contributed by atoms with van der Waals surface area (Å²) in [5.74, 6) is 0. The average Bonchev–Trinajstić information content (AvgIpc) is 2.48. The Morgan fingerprint density at radius 1 is 1.46 bits per heavy atom. The predicted octanol–water partition coefficient (Wildman–Crippen LogP) is 1.92. The maximum absolute atomic E-state index is 9.46. The summed E-state index contributed by atoms with van der Waals surface area (Å²) in [6.07, 6.45) is 1.23. The number of aliphatic hydroxyl groups excluding tert-OH is 1. The normalized spacial score (nSPS) is 13.5. The molecule has 1 atom stereocenters. The molecular formula is C10H12N2O. The van der Waals surface area contributed by atoms with Gasteiger partial charge in [0.15, 0.2) is 0 Å². The van der Waals surface area contributed by atoms with Gasteiger partial charge in [0, 0.05) is 0 Å². The lowest BCUT2D eigenvalue weighted by atomic mass is 10.0. The minimum Gasteiger partial charge on any atom is -0.389 e. The van der Waals surface area contributed by atoms with Crippen molar-refractivity contribution in [1.29, 1.82) is 0 Å². The Hall–Kier alpha value is -1.35. The van der Waals surface area contributed by atoms with Crippen molar-refractivity contribution in [2.75, 3.05) is 0 Å². The molecule has 0 saturated carbocycles. The Morgan fingerprint density at radius 3 is 2.92 bits per heavy atom. The van der Waals surface area contributed by atoms with E-state index in [0.717, 1.165) is 22.2 Å². The Balaban J connectivity index is 2.69. The van der Waals surface area contributed by atoms with E-state index in [1.165, 1.54) is 0 Å². The molecule has 1 unspecified atom stereocenters. The van der Waals surface area contributed by atoms with Crippen LogP contribution in [0.4, 0.5) is 0 Å². The van der Waals surface area contributed by atoms with E-state index in [1.54, 1.807) is 13.3 Å². The lowest BCUT2D eigenvalue weighted by Gasteiger charge is -2.07. The van der Waals surface area contributed by atoms with Crippen molar-refractivity contribution in [3.05, 3.63) is 29.6 Å². The first kappa shape index (κ1) is 8.26. The number of H-pyrrole nitrogens is 1. The molecule has 0 fully saturated rings. The molecule has 68 valence electrons. The topological polar surface area (TPSA) is 48.9 Å². The SMILES string of the molecule is Cc1cc2[nH]cnc2cc1C(C)O. The van der Waals surface area contributed by atoms with Crippen LogP contribution >= 0.6 is 0 Å². The van der Waals surface area contributed by atoms with Crippen molar-refractivity contribution in [2.45, 2.75) is 20.0 Å². The lowest BCUT2D eigenvalue weighted by molar-refractivity contribution is 0.198. The van der Waals surface area contributed by atoms with E-state index in [1.807, 2.05) is 19.1 Å². The minimum absolute atomic E-state index is 0.430. The van der Waals surface area contributed by atoms with E-state index in [-0.39, 0.29) is 0 Å². The maximum atomic E-state index is 9.46. The zero-order chi connectivity index (χ0) is 9.42. The predicted molar refractivity (Wildman–Crippen MR) is 51.5 cm³/mol. The van der Waals surface area contributed by atoms with E-state index in [2.05, 4.69) is 9.97 Å². The summed E-state index contributed by atoms with van der Waals surface area (Å²) < 4.78 is 0. The van der Waals surface area contributed by atoms with E-state index >= 15 is 0 Å². The van der Waals surface area contributed by atoms with Crippen molar-refractivity contribution in [3.8, 4) is 0 Å². The number of hydrogen-bond acceptors (Lipinski definition) is 2. The molecule has 1 aromatic carbocycles. The first-order chi connectivity index (χ1) is 6.18. The number of aromatic nitrogens is 2. The highest BCUT2D eigenvalue weighted by Gasteiger charge is 2.07. The highest BCUT2D eigenvalue weighted by molar-refractivity contribution is 5.76. The van der Waals surface area contributed by atoms with Gasteiger partial charge in [-0.15, -0.1) is 0 Å². The number of nitrogens with zero attached hydrogens (tertiary/aromatic N) is 1. The maximum Gasteiger partial charge on any atom is 0.0931 e. The molecule has 3 nitrogen and oxygen atoms in total. The number of fused-ring (bicyclic) bond motifs is 1. The zero-order valence-electron chi connectivity index (χ0n) is 7.70. The molecule has 0 spiro atoms. The van der Waals surface area contributed by atoms with Crippen LogP contribution in [0.3, 0.4) is 0 Å². The highest BCUT2D eigenvalue weighted by atomic mass is 16.3. The molecule has 0 aliphatic heterocycles. The average molecular weight is 176 g/mol. The van der Waals surface area contributed by atoms with E-state index in [9.17, 15) is 5.11 Å². The Labute approximate surface area is 76.4 Å². The van der Waals surface area contributed by atoms with Gasteiger partial charge in [0.2, 0.25) is 0 Å². The molecule has 2 aromatic rings. The Bertz CT molecular complexity index is 431. The van der Waals surface area contributed by atoms with Crippen molar-refractivity contribution in [1.82, 2.24) is 9.97 Å². The van der Waals surface area contributed by atoms with Crippen molar-refractivity contribution < 1.29 is 5.11 Å². The number of hydrogen-bond donors (Lipinski definition) is 2.